The number of piperidine rings is 1. The summed E-state index contributed by atoms with van der Waals surface area (Å²) in [5.41, 5.74) is 14.1. The van der Waals surface area contributed by atoms with E-state index in [2.05, 4.69) is 31.2 Å². The fourth-order valence-electron chi connectivity index (χ4n) is 4.73. The number of pyridine rings is 3. The van der Waals surface area contributed by atoms with Crippen LogP contribution >= 0.6 is 0 Å². The van der Waals surface area contributed by atoms with E-state index in [9.17, 15) is 0 Å². The number of anilines is 2. The molecular weight excluding hydrogens is 428 g/mol. The van der Waals surface area contributed by atoms with Gasteiger partial charge < -0.3 is 25.7 Å². The Bertz CT molecular complexity index is 1400. The Balaban J connectivity index is 1.45. The van der Waals surface area contributed by atoms with Gasteiger partial charge >= 0.3 is 0 Å². The summed E-state index contributed by atoms with van der Waals surface area (Å²) in [6.07, 6.45) is 8.96. The van der Waals surface area contributed by atoms with Crippen molar-refractivity contribution in [3.05, 3.63) is 60.1 Å². The Kier molecular flexibility index (Phi) is 5.01. The molecule has 9 nitrogen and oxygen atoms in total. The maximum atomic E-state index is 6.52. The number of fused-ring (bicyclic) bond motifs is 2. The normalized spacial score (nSPS) is 15.9. The van der Waals surface area contributed by atoms with Crippen molar-refractivity contribution in [1.82, 2.24) is 24.9 Å². The Hall–Kier alpha value is -4.14. The van der Waals surface area contributed by atoms with Crippen LogP contribution < -0.4 is 20.7 Å². The molecule has 0 amide bonds. The molecule has 0 unspecified atom stereocenters. The molecule has 9 heteroatoms. The molecule has 0 radical (unpaired) electrons. The third-order valence-corrected chi connectivity index (χ3v) is 6.47. The van der Waals surface area contributed by atoms with Gasteiger partial charge in [0.25, 0.3) is 0 Å². The van der Waals surface area contributed by atoms with Gasteiger partial charge in [0.15, 0.2) is 5.65 Å². The topological polar surface area (TPSA) is 118 Å². The standard InChI is InChI=1S/C25H26N8O/c1-34-16-11-15(12-27-13-16)18-5-6-19-22(30-18)21(17(26)14-29-19)24-31-23-20(7-8-28-25(23)32-24)33-9-3-2-4-10-33/h5-8,11-13,29H,2-4,9-10,14,26H2,1H3,(H,28,31,32). The fourth-order valence-corrected chi connectivity index (χ4v) is 4.73. The van der Waals surface area contributed by atoms with E-state index in [1.54, 1.807) is 19.5 Å². The molecule has 1 fully saturated rings. The van der Waals surface area contributed by atoms with Crippen LogP contribution in [-0.2, 0) is 0 Å². The highest BCUT2D eigenvalue weighted by Crippen LogP contribution is 2.36. The number of nitrogens with two attached hydrogens (primary N) is 1. The Morgan fingerprint density at radius 2 is 1.94 bits per heavy atom. The van der Waals surface area contributed by atoms with Crippen LogP contribution in [-0.4, -0.2) is 51.7 Å². The van der Waals surface area contributed by atoms with E-state index in [0.29, 0.717) is 29.5 Å². The lowest BCUT2D eigenvalue weighted by Gasteiger charge is -2.28. The molecule has 1 saturated heterocycles. The van der Waals surface area contributed by atoms with Gasteiger partial charge in [-0.15, -0.1) is 0 Å². The van der Waals surface area contributed by atoms with Gasteiger partial charge in [-0.1, -0.05) is 0 Å². The summed E-state index contributed by atoms with van der Waals surface area (Å²) >= 11 is 0. The minimum atomic E-state index is 0.521. The number of H-pyrrole nitrogens is 1. The molecule has 2 aliphatic rings. The van der Waals surface area contributed by atoms with Gasteiger partial charge in [-0.3, -0.25) is 4.98 Å². The molecule has 6 heterocycles. The molecule has 0 atom stereocenters. The van der Waals surface area contributed by atoms with Crippen molar-refractivity contribution >= 4 is 28.1 Å². The van der Waals surface area contributed by atoms with Gasteiger partial charge in [0, 0.05) is 36.7 Å². The van der Waals surface area contributed by atoms with Crippen LogP contribution in [0.3, 0.4) is 0 Å². The number of rotatable bonds is 4. The predicted octanol–water partition coefficient (Wildman–Crippen LogP) is 3.56. The van der Waals surface area contributed by atoms with Crippen molar-refractivity contribution in [1.29, 1.82) is 0 Å². The second-order valence-corrected chi connectivity index (χ2v) is 8.62. The Morgan fingerprint density at radius 3 is 2.79 bits per heavy atom. The summed E-state index contributed by atoms with van der Waals surface area (Å²) in [4.78, 5) is 24.5. The number of nitrogens with zero attached hydrogens (tertiary/aromatic N) is 5. The van der Waals surface area contributed by atoms with Crippen LogP contribution in [0.25, 0.3) is 28.0 Å². The zero-order chi connectivity index (χ0) is 23.1. The molecular formula is C25H26N8O. The lowest BCUT2D eigenvalue weighted by molar-refractivity contribution is 0.413. The highest BCUT2D eigenvalue weighted by atomic mass is 16.5. The maximum Gasteiger partial charge on any atom is 0.180 e. The van der Waals surface area contributed by atoms with Crippen molar-refractivity contribution in [2.24, 2.45) is 5.73 Å². The largest absolute Gasteiger partial charge is 0.495 e. The monoisotopic (exact) mass is 454 g/mol. The average molecular weight is 455 g/mol. The zero-order valence-corrected chi connectivity index (χ0v) is 19.0. The maximum absolute atomic E-state index is 6.52. The summed E-state index contributed by atoms with van der Waals surface area (Å²) in [6, 6.07) is 7.97. The molecule has 172 valence electrons. The van der Waals surface area contributed by atoms with E-state index in [4.69, 9.17) is 20.4 Å². The van der Waals surface area contributed by atoms with E-state index in [-0.39, 0.29) is 0 Å². The first kappa shape index (κ1) is 20.5. The van der Waals surface area contributed by atoms with E-state index in [1.807, 2.05) is 24.4 Å². The van der Waals surface area contributed by atoms with Crippen molar-refractivity contribution in [3.63, 3.8) is 0 Å². The van der Waals surface area contributed by atoms with Crippen LogP contribution in [0.15, 0.2) is 48.6 Å². The molecule has 0 aromatic carbocycles. The number of aromatic nitrogens is 5. The summed E-state index contributed by atoms with van der Waals surface area (Å²) < 4.78 is 5.33. The number of hydrogen-bond acceptors (Lipinski definition) is 8. The molecule has 34 heavy (non-hydrogen) atoms. The van der Waals surface area contributed by atoms with Gasteiger partial charge in [-0.05, 0) is 43.5 Å². The molecule has 6 rings (SSSR count). The summed E-state index contributed by atoms with van der Waals surface area (Å²) in [5.74, 6) is 1.36. The minimum absolute atomic E-state index is 0.521. The van der Waals surface area contributed by atoms with E-state index in [0.717, 1.165) is 52.5 Å². The SMILES string of the molecule is COc1cncc(-c2ccc3c(n2)C(c2nc4nccc(N5CCCCC5)c4[nH]2)=C(N)CN3)c1. The molecule has 0 spiro atoms. The van der Waals surface area contributed by atoms with E-state index < -0.39 is 0 Å². The number of imidazole rings is 1. The molecule has 4 aromatic rings. The van der Waals surface area contributed by atoms with Crippen molar-refractivity contribution in [2.75, 3.05) is 37.0 Å². The highest BCUT2D eigenvalue weighted by Gasteiger charge is 2.25. The van der Waals surface area contributed by atoms with Crippen LogP contribution in [0.4, 0.5) is 11.4 Å². The molecule has 4 N–H and O–H groups in total. The smallest absolute Gasteiger partial charge is 0.180 e. The lowest BCUT2D eigenvalue weighted by atomic mass is 10.0. The number of methoxy groups -OCH3 is 1. The van der Waals surface area contributed by atoms with Crippen molar-refractivity contribution in [3.8, 4) is 17.0 Å². The lowest BCUT2D eigenvalue weighted by Crippen LogP contribution is -2.29. The van der Waals surface area contributed by atoms with Gasteiger partial charge in [-0.25, -0.2) is 15.0 Å². The van der Waals surface area contributed by atoms with Gasteiger partial charge in [0.1, 0.15) is 17.1 Å². The molecule has 4 aromatic heterocycles. The molecule has 0 bridgehead atoms. The van der Waals surface area contributed by atoms with Crippen LogP contribution in [0.2, 0.25) is 0 Å². The quantitative estimate of drug-likeness (QED) is 0.428. The third kappa shape index (κ3) is 3.49. The number of hydrogen-bond donors (Lipinski definition) is 3. The fraction of sp³-hybridized carbons (Fsp3) is 0.280. The predicted molar refractivity (Wildman–Crippen MR) is 133 cm³/mol. The van der Waals surface area contributed by atoms with E-state index in [1.165, 1.54) is 19.3 Å². The van der Waals surface area contributed by atoms with E-state index >= 15 is 0 Å². The Morgan fingerprint density at radius 1 is 1.06 bits per heavy atom. The second kappa shape index (κ2) is 8.33. The van der Waals surface area contributed by atoms with Crippen molar-refractivity contribution < 1.29 is 4.74 Å². The zero-order valence-electron chi connectivity index (χ0n) is 19.0. The summed E-state index contributed by atoms with van der Waals surface area (Å²) in [7, 11) is 1.63. The van der Waals surface area contributed by atoms with Crippen molar-refractivity contribution in [2.45, 2.75) is 19.3 Å². The van der Waals surface area contributed by atoms with Gasteiger partial charge in [0.2, 0.25) is 0 Å². The van der Waals surface area contributed by atoms with Gasteiger partial charge in [0.05, 0.1) is 48.2 Å². The van der Waals surface area contributed by atoms with Gasteiger partial charge in [-0.2, -0.15) is 0 Å². The summed E-state index contributed by atoms with van der Waals surface area (Å²) in [6.45, 7) is 2.61. The molecule has 0 aliphatic carbocycles. The van der Waals surface area contributed by atoms with Crippen LogP contribution in [0.5, 0.6) is 5.75 Å². The number of ether oxygens (including phenoxy) is 1. The first-order valence-corrected chi connectivity index (χ1v) is 11.5. The van der Waals surface area contributed by atoms with Crippen LogP contribution in [0, 0.1) is 0 Å². The first-order valence-electron chi connectivity index (χ1n) is 11.5. The second-order valence-electron chi connectivity index (χ2n) is 8.62. The molecule has 0 saturated carbocycles. The highest BCUT2D eigenvalue weighted by molar-refractivity contribution is 5.92. The third-order valence-electron chi connectivity index (χ3n) is 6.47. The summed E-state index contributed by atoms with van der Waals surface area (Å²) in [5, 5.41) is 3.36. The number of nitrogens with one attached hydrogen (secondary N) is 2. The first-order chi connectivity index (χ1) is 16.7. The van der Waals surface area contributed by atoms with Crippen LogP contribution in [0.1, 0.15) is 30.8 Å². The number of aromatic amines is 1. The average Bonchev–Trinajstić information content (AvgIpc) is 3.32. The Labute approximate surface area is 197 Å². The minimum Gasteiger partial charge on any atom is -0.495 e. The molecule has 2 aliphatic heterocycles.